The summed E-state index contributed by atoms with van der Waals surface area (Å²) >= 11 is 1.69. The zero-order valence-electron chi connectivity index (χ0n) is 11.4. The fourth-order valence-corrected chi connectivity index (χ4v) is 3.23. The first-order valence-corrected chi connectivity index (χ1v) is 7.44. The van der Waals surface area contributed by atoms with E-state index in [-0.39, 0.29) is 5.25 Å². The number of carbonyl (C=O) groups excluding carboxylic acids is 1. The Labute approximate surface area is 127 Å². The molecule has 2 aromatic carbocycles. The van der Waals surface area contributed by atoms with E-state index in [2.05, 4.69) is 10.5 Å². The summed E-state index contributed by atoms with van der Waals surface area (Å²) in [6, 6.07) is 17.9. The van der Waals surface area contributed by atoms with Gasteiger partial charge in [0.1, 0.15) is 0 Å². The number of para-hydroxylation sites is 1. The molecule has 5 heteroatoms. The molecule has 0 radical (unpaired) electrons. The van der Waals surface area contributed by atoms with Gasteiger partial charge in [-0.2, -0.15) is 0 Å². The van der Waals surface area contributed by atoms with Gasteiger partial charge in [0.2, 0.25) is 0 Å². The van der Waals surface area contributed by atoms with Gasteiger partial charge in [-0.25, -0.2) is 10.5 Å². The Hall–Kier alpha value is -2.27. The molecule has 0 saturated heterocycles. The van der Waals surface area contributed by atoms with Gasteiger partial charge < -0.3 is 4.84 Å². The fraction of sp³-hybridized carbons (Fsp3) is 0.125. The Kier molecular flexibility index (Phi) is 3.92. The van der Waals surface area contributed by atoms with Crippen LogP contribution >= 0.6 is 11.8 Å². The number of hydroxylamine groups is 1. The standard InChI is InChI=1S/C16H14N2O2S/c1-11(19)20-18-16-15(12-7-3-2-4-8-12)21-14-10-6-5-9-13(14)17-16/h2-10,15H,1H3,(H,17,18). The summed E-state index contributed by atoms with van der Waals surface area (Å²) in [7, 11) is 0. The summed E-state index contributed by atoms with van der Waals surface area (Å²) in [5.74, 6) is 0.230. The summed E-state index contributed by atoms with van der Waals surface area (Å²) in [6.45, 7) is 1.36. The maximum absolute atomic E-state index is 11.0. The molecule has 1 unspecified atom stereocenters. The number of hydrogen-bond acceptors (Lipinski definition) is 5. The lowest BCUT2D eigenvalue weighted by molar-refractivity contribution is -0.145. The van der Waals surface area contributed by atoms with Gasteiger partial charge in [-0.15, -0.1) is 11.8 Å². The van der Waals surface area contributed by atoms with Crippen molar-refractivity contribution in [3.8, 4) is 0 Å². The molecule has 1 aliphatic rings. The second-order valence-corrected chi connectivity index (χ2v) is 5.72. The summed E-state index contributed by atoms with van der Waals surface area (Å²) < 4.78 is 0. The number of amidine groups is 1. The molecule has 2 aromatic rings. The summed E-state index contributed by atoms with van der Waals surface area (Å²) in [6.07, 6.45) is 0. The molecule has 0 aromatic heterocycles. The first kappa shape index (κ1) is 13.7. The molecule has 0 fully saturated rings. The molecule has 0 spiro atoms. The van der Waals surface area contributed by atoms with Crippen LogP contribution in [0.1, 0.15) is 17.7 Å². The lowest BCUT2D eigenvalue weighted by Gasteiger charge is -2.24. The molecule has 0 aliphatic carbocycles. The number of rotatable bonds is 1. The van der Waals surface area contributed by atoms with Crippen LogP contribution in [-0.2, 0) is 9.63 Å². The predicted molar refractivity (Wildman–Crippen MR) is 83.5 cm³/mol. The first-order chi connectivity index (χ1) is 10.2. The monoisotopic (exact) mass is 298 g/mol. The third-order valence-electron chi connectivity index (χ3n) is 3.00. The van der Waals surface area contributed by atoms with Gasteiger partial charge in [0.05, 0.1) is 10.9 Å². The summed E-state index contributed by atoms with van der Waals surface area (Å²) in [5, 5.41) is -0.0274. The molecular weight excluding hydrogens is 284 g/mol. The van der Waals surface area contributed by atoms with E-state index < -0.39 is 5.97 Å². The van der Waals surface area contributed by atoms with Crippen molar-refractivity contribution in [3.63, 3.8) is 0 Å². The molecule has 21 heavy (non-hydrogen) atoms. The van der Waals surface area contributed by atoms with Crippen molar-refractivity contribution < 1.29 is 9.63 Å². The van der Waals surface area contributed by atoms with Gasteiger partial charge in [0.25, 0.3) is 0 Å². The van der Waals surface area contributed by atoms with Gasteiger partial charge in [-0.3, -0.25) is 4.79 Å². The fourth-order valence-electron chi connectivity index (χ4n) is 2.07. The van der Waals surface area contributed by atoms with E-state index in [4.69, 9.17) is 4.84 Å². The lowest BCUT2D eigenvalue weighted by atomic mass is 10.1. The summed E-state index contributed by atoms with van der Waals surface area (Å²) in [4.78, 5) is 21.6. The average Bonchev–Trinajstić information content (AvgIpc) is 2.53. The maximum Gasteiger partial charge on any atom is 0.329 e. The van der Waals surface area contributed by atoms with Crippen molar-refractivity contribution in [1.82, 2.24) is 5.48 Å². The highest BCUT2D eigenvalue weighted by molar-refractivity contribution is 8.00. The minimum Gasteiger partial charge on any atom is -0.343 e. The molecule has 106 valence electrons. The Balaban J connectivity index is 1.96. The number of nitrogens with one attached hydrogen (secondary N) is 1. The first-order valence-electron chi connectivity index (χ1n) is 6.56. The van der Waals surface area contributed by atoms with Crippen LogP contribution in [0.2, 0.25) is 0 Å². The van der Waals surface area contributed by atoms with Crippen LogP contribution in [0.25, 0.3) is 0 Å². The quantitative estimate of drug-likeness (QED) is 0.817. The third kappa shape index (κ3) is 3.08. The van der Waals surface area contributed by atoms with Crippen molar-refractivity contribution in [2.45, 2.75) is 17.1 Å². The Morgan fingerprint density at radius 2 is 1.86 bits per heavy atom. The number of aliphatic imine (C=N–C) groups is 1. The normalized spacial score (nSPS) is 16.6. The van der Waals surface area contributed by atoms with Crippen LogP contribution in [-0.4, -0.2) is 11.8 Å². The van der Waals surface area contributed by atoms with E-state index in [1.54, 1.807) is 11.8 Å². The van der Waals surface area contributed by atoms with Crippen LogP contribution in [0, 0.1) is 0 Å². The Morgan fingerprint density at radius 3 is 2.62 bits per heavy atom. The molecule has 4 nitrogen and oxygen atoms in total. The minimum atomic E-state index is -0.395. The highest BCUT2D eigenvalue weighted by Crippen LogP contribution is 2.44. The number of thioether (sulfide) groups is 1. The van der Waals surface area contributed by atoms with E-state index in [1.165, 1.54) is 6.92 Å². The number of nitrogens with zero attached hydrogens (tertiary/aromatic N) is 1. The molecule has 1 heterocycles. The largest absolute Gasteiger partial charge is 0.343 e. The van der Waals surface area contributed by atoms with Gasteiger partial charge >= 0.3 is 5.97 Å². The van der Waals surface area contributed by atoms with Crippen LogP contribution in [0.4, 0.5) is 5.69 Å². The highest BCUT2D eigenvalue weighted by Gasteiger charge is 2.26. The SMILES string of the molecule is CC(=O)ONC1=Nc2ccccc2SC1c1ccccc1. The van der Waals surface area contributed by atoms with Gasteiger partial charge in [-0.05, 0) is 17.7 Å². The average molecular weight is 298 g/mol. The second-order valence-electron chi connectivity index (χ2n) is 4.57. The van der Waals surface area contributed by atoms with Gasteiger partial charge in [0, 0.05) is 11.8 Å². The maximum atomic E-state index is 11.0. The van der Waals surface area contributed by atoms with Crippen LogP contribution in [0.15, 0.2) is 64.5 Å². The Morgan fingerprint density at radius 1 is 1.14 bits per heavy atom. The van der Waals surface area contributed by atoms with Crippen molar-refractivity contribution >= 4 is 29.3 Å². The second kappa shape index (κ2) is 6.01. The topological polar surface area (TPSA) is 50.7 Å². The predicted octanol–water partition coefficient (Wildman–Crippen LogP) is 3.63. The van der Waals surface area contributed by atoms with Gasteiger partial charge in [0.15, 0.2) is 5.84 Å². The molecule has 0 bridgehead atoms. The number of carbonyl (C=O) groups is 1. The van der Waals surface area contributed by atoms with Crippen LogP contribution in [0.3, 0.4) is 0 Å². The zero-order chi connectivity index (χ0) is 14.7. The van der Waals surface area contributed by atoms with E-state index in [9.17, 15) is 4.79 Å². The number of benzene rings is 2. The number of fused-ring (bicyclic) bond motifs is 1. The van der Waals surface area contributed by atoms with E-state index in [0.717, 1.165) is 16.1 Å². The van der Waals surface area contributed by atoms with E-state index >= 15 is 0 Å². The number of hydrogen-bond donors (Lipinski definition) is 1. The third-order valence-corrected chi connectivity index (χ3v) is 4.33. The van der Waals surface area contributed by atoms with E-state index in [0.29, 0.717) is 5.84 Å². The Bertz CT molecular complexity index is 686. The minimum absolute atomic E-state index is 0.0274. The van der Waals surface area contributed by atoms with Gasteiger partial charge in [-0.1, -0.05) is 42.5 Å². The molecule has 3 rings (SSSR count). The molecule has 0 amide bonds. The van der Waals surface area contributed by atoms with Crippen molar-refractivity contribution in [3.05, 3.63) is 60.2 Å². The van der Waals surface area contributed by atoms with Crippen molar-refractivity contribution in [2.75, 3.05) is 0 Å². The molecule has 1 N–H and O–H groups in total. The zero-order valence-corrected chi connectivity index (χ0v) is 12.3. The molecule has 0 saturated carbocycles. The lowest BCUT2D eigenvalue weighted by Crippen LogP contribution is -2.31. The van der Waals surface area contributed by atoms with Crippen molar-refractivity contribution in [1.29, 1.82) is 0 Å². The van der Waals surface area contributed by atoms with E-state index in [1.807, 2.05) is 54.6 Å². The van der Waals surface area contributed by atoms with Crippen LogP contribution in [0.5, 0.6) is 0 Å². The van der Waals surface area contributed by atoms with Crippen molar-refractivity contribution in [2.24, 2.45) is 4.99 Å². The smallest absolute Gasteiger partial charge is 0.329 e. The summed E-state index contributed by atoms with van der Waals surface area (Å²) in [5.41, 5.74) is 4.68. The molecule has 1 atom stereocenters. The molecule has 1 aliphatic heterocycles. The van der Waals surface area contributed by atoms with Crippen LogP contribution < -0.4 is 5.48 Å². The molecular formula is C16H14N2O2S. The highest BCUT2D eigenvalue weighted by atomic mass is 32.2.